The van der Waals surface area contributed by atoms with E-state index in [1.165, 1.54) is 25.7 Å². The highest BCUT2D eigenvalue weighted by molar-refractivity contribution is 5.82. The number of amides is 1. The first-order valence-electron chi connectivity index (χ1n) is 8.80. The van der Waals surface area contributed by atoms with Crippen LogP contribution in [0, 0.1) is 11.8 Å². The predicted octanol–water partition coefficient (Wildman–Crippen LogP) is 1.83. The Balaban J connectivity index is 1.66. The van der Waals surface area contributed by atoms with Gasteiger partial charge in [0, 0.05) is 31.2 Å². The fourth-order valence-corrected chi connectivity index (χ4v) is 5.07. The van der Waals surface area contributed by atoms with E-state index in [1.54, 1.807) is 0 Å². The van der Waals surface area contributed by atoms with Crippen molar-refractivity contribution in [3.05, 3.63) is 0 Å². The average Bonchev–Trinajstić information content (AvgIpc) is 3.02. The lowest BCUT2D eigenvalue weighted by atomic mass is 9.78. The van der Waals surface area contributed by atoms with Gasteiger partial charge in [-0.3, -0.25) is 9.69 Å². The standard InChI is InChI=1S/C17H31N3O/c1-11-7-8-12(2)20(11)13(3)17(21)19-9-14-5-4-6-16(18)15(14)10-19/h11-16H,4-10,18H2,1-3H3. The molecular formula is C17H31N3O. The Morgan fingerprint density at radius 3 is 2.38 bits per heavy atom. The molecule has 21 heavy (non-hydrogen) atoms. The van der Waals surface area contributed by atoms with Gasteiger partial charge in [-0.05, 0) is 58.3 Å². The summed E-state index contributed by atoms with van der Waals surface area (Å²) in [5, 5.41) is 0. The summed E-state index contributed by atoms with van der Waals surface area (Å²) >= 11 is 0. The van der Waals surface area contributed by atoms with Gasteiger partial charge in [0.2, 0.25) is 5.91 Å². The van der Waals surface area contributed by atoms with Crippen molar-refractivity contribution in [2.75, 3.05) is 13.1 Å². The van der Waals surface area contributed by atoms with E-state index in [1.807, 2.05) is 0 Å². The van der Waals surface area contributed by atoms with E-state index < -0.39 is 0 Å². The molecule has 0 spiro atoms. The molecule has 4 heteroatoms. The number of hydrogen-bond acceptors (Lipinski definition) is 3. The maximum atomic E-state index is 12.9. The molecule has 2 heterocycles. The van der Waals surface area contributed by atoms with Gasteiger partial charge in [-0.25, -0.2) is 0 Å². The molecule has 3 aliphatic rings. The van der Waals surface area contributed by atoms with Crippen molar-refractivity contribution < 1.29 is 4.79 Å². The number of nitrogens with two attached hydrogens (primary N) is 1. The summed E-state index contributed by atoms with van der Waals surface area (Å²) in [6, 6.07) is 1.40. The Bertz CT molecular complexity index is 389. The maximum Gasteiger partial charge on any atom is 0.239 e. The molecule has 1 amide bonds. The zero-order valence-electron chi connectivity index (χ0n) is 13.8. The van der Waals surface area contributed by atoms with Crippen LogP contribution in [0.3, 0.4) is 0 Å². The van der Waals surface area contributed by atoms with Crippen LogP contribution in [0.25, 0.3) is 0 Å². The summed E-state index contributed by atoms with van der Waals surface area (Å²) in [6.45, 7) is 8.45. The second-order valence-corrected chi connectivity index (χ2v) is 7.66. The van der Waals surface area contributed by atoms with E-state index in [0.29, 0.717) is 35.9 Å². The number of fused-ring (bicyclic) bond motifs is 1. The molecule has 0 bridgehead atoms. The van der Waals surface area contributed by atoms with E-state index in [2.05, 4.69) is 30.6 Å². The smallest absolute Gasteiger partial charge is 0.239 e. The summed E-state index contributed by atoms with van der Waals surface area (Å²) in [5.74, 6) is 1.53. The lowest BCUT2D eigenvalue weighted by Crippen LogP contribution is -2.50. The molecule has 6 unspecified atom stereocenters. The van der Waals surface area contributed by atoms with E-state index in [0.717, 1.165) is 19.5 Å². The Morgan fingerprint density at radius 2 is 1.76 bits per heavy atom. The molecular weight excluding hydrogens is 262 g/mol. The van der Waals surface area contributed by atoms with Gasteiger partial charge >= 0.3 is 0 Å². The Morgan fingerprint density at radius 1 is 1.10 bits per heavy atom. The van der Waals surface area contributed by atoms with Crippen molar-refractivity contribution in [3.63, 3.8) is 0 Å². The van der Waals surface area contributed by atoms with Gasteiger partial charge in [0.05, 0.1) is 6.04 Å². The largest absolute Gasteiger partial charge is 0.341 e. The van der Waals surface area contributed by atoms with Crippen molar-refractivity contribution in [3.8, 4) is 0 Å². The minimum absolute atomic E-state index is 0.0221. The molecule has 3 fully saturated rings. The lowest BCUT2D eigenvalue weighted by molar-refractivity contribution is -0.136. The Hall–Kier alpha value is -0.610. The fourth-order valence-electron chi connectivity index (χ4n) is 5.07. The van der Waals surface area contributed by atoms with Gasteiger partial charge in [-0.2, -0.15) is 0 Å². The van der Waals surface area contributed by atoms with Crippen molar-refractivity contribution in [2.24, 2.45) is 17.6 Å². The van der Waals surface area contributed by atoms with Crippen LogP contribution < -0.4 is 5.73 Å². The van der Waals surface area contributed by atoms with Crippen LogP contribution in [-0.4, -0.2) is 53.0 Å². The van der Waals surface area contributed by atoms with Gasteiger partial charge in [0.25, 0.3) is 0 Å². The number of nitrogens with zero attached hydrogens (tertiary/aromatic N) is 2. The highest BCUT2D eigenvalue weighted by atomic mass is 16.2. The summed E-state index contributed by atoms with van der Waals surface area (Å²) in [5.41, 5.74) is 6.28. The molecule has 120 valence electrons. The highest BCUT2D eigenvalue weighted by Crippen LogP contribution is 2.36. The number of carbonyl (C=O) groups excluding carboxylic acids is 1. The molecule has 1 aliphatic carbocycles. The molecule has 0 aromatic carbocycles. The summed E-state index contributed by atoms with van der Waals surface area (Å²) in [4.78, 5) is 17.5. The third-order valence-electron chi connectivity index (χ3n) is 6.29. The second-order valence-electron chi connectivity index (χ2n) is 7.66. The van der Waals surface area contributed by atoms with Gasteiger partial charge < -0.3 is 10.6 Å². The zero-order chi connectivity index (χ0) is 15.1. The van der Waals surface area contributed by atoms with E-state index in [4.69, 9.17) is 5.73 Å². The van der Waals surface area contributed by atoms with E-state index >= 15 is 0 Å². The zero-order valence-corrected chi connectivity index (χ0v) is 13.8. The van der Waals surface area contributed by atoms with Crippen LogP contribution in [0.4, 0.5) is 0 Å². The lowest BCUT2D eigenvalue weighted by Gasteiger charge is -2.34. The van der Waals surface area contributed by atoms with Gasteiger partial charge in [-0.1, -0.05) is 6.42 Å². The minimum atomic E-state index is 0.0221. The van der Waals surface area contributed by atoms with E-state index in [9.17, 15) is 4.79 Å². The third kappa shape index (κ3) is 2.72. The molecule has 2 N–H and O–H groups in total. The minimum Gasteiger partial charge on any atom is -0.341 e. The van der Waals surface area contributed by atoms with Crippen molar-refractivity contribution >= 4 is 5.91 Å². The SMILES string of the molecule is CC1CCC(C)N1C(C)C(=O)N1CC2CCCC(N)C2C1. The molecule has 6 atom stereocenters. The number of carbonyl (C=O) groups is 1. The maximum absolute atomic E-state index is 12.9. The Kier molecular flexibility index (Phi) is 4.28. The van der Waals surface area contributed by atoms with E-state index in [-0.39, 0.29) is 6.04 Å². The van der Waals surface area contributed by atoms with Crippen molar-refractivity contribution in [2.45, 2.75) is 77.0 Å². The van der Waals surface area contributed by atoms with Gasteiger partial charge in [-0.15, -0.1) is 0 Å². The first-order chi connectivity index (χ1) is 9.99. The Labute approximate surface area is 129 Å². The fraction of sp³-hybridized carbons (Fsp3) is 0.941. The topological polar surface area (TPSA) is 49.6 Å². The third-order valence-corrected chi connectivity index (χ3v) is 6.29. The number of likely N-dealkylation sites (tertiary alicyclic amines) is 2. The summed E-state index contributed by atoms with van der Waals surface area (Å²) in [6.07, 6.45) is 6.07. The predicted molar refractivity (Wildman–Crippen MR) is 84.8 cm³/mol. The highest BCUT2D eigenvalue weighted by Gasteiger charge is 2.43. The molecule has 4 nitrogen and oxygen atoms in total. The van der Waals surface area contributed by atoms with Crippen LogP contribution >= 0.6 is 0 Å². The van der Waals surface area contributed by atoms with Gasteiger partial charge in [0.1, 0.15) is 0 Å². The van der Waals surface area contributed by atoms with Crippen LogP contribution in [0.5, 0.6) is 0 Å². The molecule has 1 saturated carbocycles. The van der Waals surface area contributed by atoms with Crippen LogP contribution in [0.2, 0.25) is 0 Å². The molecule has 3 rings (SSSR count). The molecule has 2 aliphatic heterocycles. The average molecular weight is 293 g/mol. The monoisotopic (exact) mass is 293 g/mol. The molecule has 0 radical (unpaired) electrons. The van der Waals surface area contributed by atoms with Crippen LogP contribution in [0.1, 0.15) is 52.9 Å². The van der Waals surface area contributed by atoms with Gasteiger partial charge in [0.15, 0.2) is 0 Å². The quantitative estimate of drug-likeness (QED) is 0.845. The van der Waals surface area contributed by atoms with Crippen molar-refractivity contribution in [1.29, 1.82) is 0 Å². The summed E-state index contributed by atoms with van der Waals surface area (Å²) < 4.78 is 0. The summed E-state index contributed by atoms with van der Waals surface area (Å²) in [7, 11) is 0. The molecule has 2 saturated heterocycles. The molecule has 0 aromatic heterocycles. The molecule has 0 aromatic rings. The first-order valence-corrected chi connectivity index (χ1v) is 8.80. The van der Waals surface area contributed by atoms with Crippen LogP contribution in [-0.2, 0) is 4.79 Å². The second kappa shape index (κ2) is 5.88. The van der Waals surface area contributed by atoms with Crippen molar-refractivity contribution in [1.82, 2.24) is 9.80 Å². The van der Waals surface area contributed by atoms with Crippen LogP contribution in [0.15, 0.2) is 0 Å². The number of hydrogen-bond donors (Lipinski definition) is 1. The first kappa shape index (κ1) is 15.3. The number of rotatable bonds is 2. The normalized spacial score (nSPS) is 42.1.